The fourth-order valence-corrected chi connectivity index (χ4v) is 1.36. The number of hydrogen-bond acceptors (Lipinski definition) is 3. The molecule has 0 radical (unpaired) electrons. The fraction of sp³-hybridized carbons (Fsp3) is 0.500. The van der Waals surface area contributed by atoms with Gasteiger partial charge in [-0.15, -0.1) is 0 Å². The second kappa shape index (κ2) is 5.82. The summed E-state index contributed by atoms with van der Waals surface area (Å²) in [6.07, 6.45) is 0.0831. The lowest BCUT2D eigenvalue weighted by Gasteiger charge is -2.16. The lowest BCUT2D eigenvalue weighted by Crippen LogP contribution is -2.20. The first-order valence-corrected chi connectivity index (χ1v) is 5.25. The van der Waals surface area contributed by atoms with E-state index in [-0.39, 0.29) is 11.9 Å². The highest BCUT2D eigenvalue weighted by molar-refractivity contribution is 5.32. The normalized spacial score (nSPS) is 12.9. The molecule has 0 aliphatic carbocycles. The van der Waals surface area contributed by atoms with Crippen molar-refractivity contribution in [2.45, 2.75) is 26.0 Å². The van der Waals surface area contributed by atoms with Crippen molar-refractivity contribution in [3.63, 3.8) is 0 Å². The van der Waals surface area contributed by atoms with E-state index in [1.165, 1.54) is 7.11 Å². The molecule has 4 heteroatoms. The molecule has 90 valence electrons. The minimum atomic E-state index is -0.475. The zero-order valence-corrected chi connectivity index (χ0v) is 9.87. The van der Waals surface area contributed by atoms with Crippen molar-refractivity contribution in [3.8, 4) is 5.75 Å². The van der Waals surface area contributed by atoms with E-state index >= 15 is 0 Å². The molecule has 0 aliphatic heterocycles. The Morgan fingerprint density at radius 3 is 2.62 bits per heavy atom. The maximum absolute atomic E-state index is 13.8. The van der Waals surface area contributed by atoms with Gasteiger partial charge in [0.2, 0.25) is 0 Å². The van der Waals surface area contributed by atoms with E-state index in [1.54, 1.807) is 18.2 Å². The Morgan fingerprint density at radius 2 is 2.06 bits per heavy atom. The van der Waals surface area contributed by atoms with Crippen LogP contribution in [0.5, 0.6) is 5.75 Å². The third kappa shape index (κ3) is 3.18. The van der Waals surface area contributed by atoms with Crippen molar-refractivity contribution in [1.82, 2.24) is 0 Å². The third-order valence-corrected chi connectivity index (χ3v) is 2.22. The van der Waals surface area contributed by atoms with Crippen molar-refractivity contribution >= 4 is 0 Å². The summed E-state index contributed by atoms with van der Waals surface area (Å²) in [6.45, 7) is 4.12. The molecule has 0 fully saturated rings. The molecule has 1 unspecified atom stereocenters. The van der Waals surface area contributed by atoms with Crippen molar-refractivity contribution in [2.24, 2.45) is 5.73 Å². The van der Waals surface area contributed by atoms with E-state index in [1.807, 2.05) is 13.8 Å². The standard InChI is InChI=1S/C12H18FNO2/c1-8(2)16-7-10(14)9-5-4-6-11(15-3)12(9)13/h4-6,8,10H,7,14H2,1-3H3. The van der Waals surface area contributed by atoms with Gasteiger partial charge in [-0.3, -0.25) is 0 Å². The summed E-state index contributed by atoms with van der Waals surface area (Å²) in [5.74, 6) is -0.206. The Bertz CT molecular complexity index is 342. The first kappa shape index (κ1) is 12.9. The first-order valence-electron chi connectivity index (χ1n) is 5.25. The first-order chi connectivity index (χ1) is 7.56. The number of methoxy groups -OCH3 is 1. The molecule has 0 amide bonds. The second-order valence-electron chi connectivity index (χ2n) is 3.85. The Morgan fingerprint density at radius 1 is 1.38 bits per heavy atom. The summed E-state index contributed by atoms with van der Waals surface area (Å²) >= 11 is 0. The monoisotopic (exact) mass is 227 g/mol. The molecular formula is C12H18FNO2. The fourth-order valence-electron chi connectivity index (χ4n) is 1.36. The molecule has 0 saturated heterocycles. The Balaban J connectivity index is 2.78. The predicted octanol–water partition coefficient (Wildman–Crippen LogP) is 2.26. The SMILES string of the molecule is COc1cccc(C(N)COC(C)C)c1F. The highest BCUT2D eigenvalue weighted by Gasteiger charge is 2.15. The highest BCUT2D eigenvalue weighted by atomic mass is 19.1. The van der Waals surface area contributed by atoms with Gasteiger partial charge < -0.3 is 15.2 Å². The van der Waals surface area contributed by atoms with Gasteiger partial charge in [0.1, 0.15) is 0 Å². The summed E-state index contributed by atoms with van der Waals surface area (Å²) in [5.41, 5.74) is 6.26. The quantitative estimate of drug-likeness (QED) is 0.839. The molecule has 1 aromatic carbocycles. The van der Waals surface area contributed by atoms with Crippen molar-refractivity contribution < 1.29 is 13.9 Å². The Labute approximate surface area is 95.4 Å². The molecule has 1 rings (SSSR count). The van der Waals surface area contributed by atoms with Gasteiger partial charge in [0.05, 0.1) is 25.9 Å². The molecule has 0 aromatic heterocycles. The smallest absolute Gasteiger partial charge is 0.169 e. The molecule has 0 spiro atoms. The van der Waals surface area contributed by atoms with Crippen LogP contribution < -0.4 is 10.5 Å². The van der Waals surface area contributed by atoms with Crippen LogP contribution in [0.15, 0.2) is 18.2 Å². The van der Waals surface area contributed by atoms with Crippen LogP contribution in [-0.4, -0.2) is 19.8 Å². The van der Waals surface area contributed by atoms with Crippen molar-refractivity contribution in [1.29, 1.82) is 0 Å². The Hall–Kier alpha value is -1.13. The average Bonchev–Trinajstić information content (AvgIpc) is 2.26. The average molecular weight is 227 g/mol. The molecule has 16 heavy (non-hydrogen) atoms. The van der Waals surface area contributed by atoms with Gasteiger partial charge in [0.15, 0.2) is 11.6 Å². The van der Waals surface area contributed by atoms with E-state index in [4.69, 9.17) is 15.2 Å². The van der Waals surface area contributed by atoms with Crippen LogP contribution in [0.25, 0.3) is 0 Å². The van der Waals surface area contributed by atoms with Gasteiger partial charge in [-0.2, -0.15) is 0 Å². The third-order valence-electron chi connectivity index (χ3n) is 2.22. The van der Waals surface area contributed by atoms with Crippen LogP contribution in [0.1, 0.15) is 25.5 Å². The minimum absolute atomic E-state index is 0.0831. The van der Waals surface area contributed by atoms with E-state index in [0.29, 0.717) is 12.2 Å². The van der Waals surface area contributed by atoms with E-state index < -0.39 is 11.9 Å². The van der Waals surface area contributed by atoms with Gasteiger partial charge in [-0.05, 0) is 19.9 Å². The van der Waals surface area contributed by atoms with E-state index in [2.05, 4.69) is 0 Å². The van der Waals surface area contributed by atoms with Crippen LogP contribution in [0.2, 0.25) is 0 Å². The number of halogens is 1. The molecule has 0 bridgehead atoms. The highest BCUT2D eigenvalue weighted by Crippen LogP contribution is 2.24. The number of hydrogen-bond donors (Lipinski definition) is 1. The zero-order chi connectivity index (χ0) is 12.1. The van der Waals surface area contributed by atoms with Crippen molar-refractivity contribution in [2.75, 3.05) is 13.7 Å². The van der Waals surface area contributed by atoms with Crippen LogP contribution >= 0.6 is 0 Å². The van der Waals surface area contributed by atoms with Crippen LogP contribution in [0.4, 0.5) is 4.39 Å². The molecule has 1 atom stereocenters. The van der Waals surface area contributed by atoms with E-state index in [9.17, 15) is 4.39 Å². The lowest BCUT2D eigenvalue weighted by molar-refractivity contribution is 0.0676. The van der Waals surface area contributed by atoms with Gasteiger partial charge in [-0.25, -0.2) is 4.39 Å². The minimum Gasteiger partial charge on any atom is -0.494 e. The van der Waals surface area contributed by atoms with Gasteiger partial charge >= 0.3 is 0 Å². The topological polar surface area (TPSA) is 44.5 Å². The molecule has 0 heterocycles. The van der Waals surface area contributed by atoms with E-state index in [0.717, 1.165) is 0 Å². The van der Waals surface area contributed by atoms with Crippen molar-refractivity contribution in [3.05, 3.63) is 29.6 Å². The predicted molar refractivity (Wildman–Crippen MR) is 61.0 cm³/mol. The molecular weight excluding hydrogens is 209 g/mol. The molecule has 0 aliphatic rings. The van der Waals surface area contributed by atoms with Crippen LogP contribution in [0.3, 0.4) is 0 Å². The molecule has 3 nitrogen and oxygen atoms in total. The molecule has 0 saturated carbocycles. The maximum atomic E-state index is 13.8. The largest absolute Gasteiger partial charge is 0.494 e. The second-order valence-corrected chi connectivity index (χ2v) is 3.85. The summed E-state index contributed by atoms with van der Waals surface area (Å²) < 4.78 is 24.0. The number of ether oxygens (including phenoxy) is 2. The summed E-state index contributed by atoms with van der Waals surface area (Å²) in [4.78, 5) is 0. The van der Waals surface area contributed by atoms with Crippen LogP contribution in [-0.2, 0) is 4.74 Å². The zero-order valence-electron chi connectivity index (χ0n) is 9.87. The number of nitrogens with two attached hydrogens (primary N) is 1. The summed E-state index contributed by atoms with van der Waals surface area (Å²) in [6, 6.07) is 4.45. The summed E-state index contributed by atoms with van der Waals surface area (Å²) in [5, 5.41) is 0. The molecule has 2 N–H and O–H groups in total. The van der Waals surface area contributed by atoms with Crippen LogP contribution in [0, 0.1) is 5.82 Å². The lowest BCUT2D eigenvalue weighted by atomic mass is 10.1. The number of benzene rings is 1. The molecule has 1 aromatic rings. The number of rotatable bonds is 5. The van der Waals surface area contributed by atoms with Gasteiger partial charge in [0, 0.05) is 5.56 Å². The van der Waals surface area contributed by atoms with Gasteiger partial charge in [0.25, 0.3) is 0 Å². The summed E-state index contributed by atoms with van der Waals surface area (Å²) in [7, 11) is 1.43. The Kier molecular flexibility index (Phi) is 4.71. The maximum Gasteiger partial charge on any atom is 0.169 e. The van der Waals surface area contributed by atoms with Gasteiger partial charge in [-0.1, -0.05) is 12.1 Å².